The third-order valence-electron chi connectivity index (χ3n) is 4.80. The predicted octanol–water partition coefficient (Wildman–Crippen LogP) is 5.13. The zero-order valence-corrected chi connectivity index (χ0v) is 16.6. The van der Waals surface area contributed by atoms with Crippen molar-refractivity contribution in [3.8, 4) is 0 Å². The van der Waals surface area contributed by atoms with Crippen LogP contribution in [0.4, 0.5) is 5.69 Å². The van der Waals surface area contributed by atoms with Crippen molar-refractivity contribution >= 4 is 34.1 Å². The van der Waals surface area contributed by atoms with Gasteiger partial charge in [-0.15, -0.1) is 0 Å². The van der Waals surface area contributed by atoms with E-state index in [1.807, 2.05) is 36.4 Å². The summed E-state index contributed by atoms with van der Waals surface area (Å²) in [5.74, 6) is -1.20. The van der Waals surface area contributed by atoms with Crippen LogP contribution >= 0.6 is 0 Å². The molecule has 0 saturated heterocycles. The third-order valence-corrected chi connectivity index (χ3v) is 4.80. The molecule has 0 atom stereocenters. The topological polar surface area (TPSA) is 72.5 Å². The molecule has 4 aromatic rings. The Morgan fingerprint density at radius 3 is 2.16 bits per heavy atom. The number of Topliss-reactive ketones (excluding diaryl/α,β-unsaturated/α-hetero) is 1. The van der Waals surface area contributed by atoms with Crippen molar-refractivity contribution in [2.45, 2.75) is 0 Å². The van der Waals surface area contributed by atoms with Gasteiger partial charge in [0.2, 0.25) is 0 Å². The van der Waals surface area contributed by atoms with Gasteiger partial charge < -0.3 is 10.1 Å². The normalized spacial score (nSPS) is 10.5. The Kier molecular flexibility index (Phi) is 5.85. The molecule has 0 saturated carbocycles. The Hall–Kier alpha value is -4.25. The average molecular weight is 409 g/mol. The Balaban J connectivity index is 1.39. The van der Waals surface area contributed by atoms with Gasteiger partial charge in [0.05, 0.1) is 5.56 Å². The second kappa shape index (κ2) is 9.05. The smallest absolute Gasteiger partial charge is 0.338 e. The molecule has 0 spiro atoms. The number of ketones is 1. The Bertz CT molecular complexity index is 1260. The predicted molar refractivity (Wildman–Crippen MR) is 119 cm³/mol. The molecule has 1 N–H and O–H groups in total. The lowest BCUT2D eigenvalue weighted by molar-refractivity contribution is 0.0475. The lowest BCUT2D eigenvalue weighted by Gasteiger charge is -2.08. The number of ether oxygens (including phenoxy) is 1. The number of hydrogen-bond donors (Lipinski definition) is 1. The standard InChI is InChI=1S/C26H19NO4/c28-24(21-14-13-18-7-4-5-10-20(18)15-21)17-31-26(30)22-11-6-12-23(16-22)27-25(29)19-8-2-1-3-9-19/h1-16H,17H2,(H,27,29). The maximum absolute atomic E-state index is 12.5. The number of rotatable bonds is 6. The van der Waals surface area contributed by atoms with E-state index in [1.54, 1.807) is 54.6 Å². The summed E-state index contributed by atoms with van der Waals surface area (Å²) in [5.41, 5.74) is 1.70. The fourth-order valence-corrected chi connectivity index (χ4v) is 3.18. The number of carbonyl (C=O) groups is 3. The highest BCUT2D eigenvalue weighted by Gasteiger charge is 2.14. The number of anilines is 1. The van der Waals surface area contributed by atoms with Gasteiger partial charge in [-0.05, 0) is 47.2 Å². The van der Waals surface area contributed by atoms with Crippen LogP contribution in [-0.2, 0) is 4.74 Å². The van der Waals surface area contributed by atoms with Crippen LogP contribution in [0.25, 0.3) is 10.8 Å². The Morgan fingerprint density at radius 1 is 0.645 bits per heavy atom. The van der Waals surface area contributed by atoms with Crippen LogP contribution in [0.2, 0.25) is 0 Å². The number of fused-ring (bicyclic) bond motifs is 1. The average Bonchev–Trinajstić information content (AvgIpc) is 2.82. The molecule has 31 heavy (non-hydrogen) atoms. The summed E-state index contributed by atoms with van der Waals surface area (Å²) in [6, 6.07) is 28.3. The maximum atomic E-state index is 12.5. The van der Waals surface area contributed by atoms with Crippen molar-refractivity contribution < 1.29 is 19.1 Å². The van der Waals surface area contributed by atoms with Gasteiger partial charge in [-0.3, -0.25) is 9.59 Å². The van der Waals surface area contributed by atoms with Crippen LogP contribution in [0.5, 0.6) is 0 Å². The summed E-state index contributed by atoms with van der Waals surface area (Å²) in [6.45, 7) is -0.363. The van der Waals surface area contributed by atoms with Gasteiger partial charge in [0.25, 0.3) is 5.91 Å². The van der Waals surface area contributed by atoms with Crippen molar-refractivity contribution in [3.05, 3.63) is 114 Å². The molecular formula is C26H19NO4. The second-order valence-corrected chi connectivity index (χ2v) is 6.96. The highest BCUT2D eigenvalue weighted by molar-refractivity contribution is 6.05. The molecule has 0 heterocycles. The molecule has 152 valence electrons. The number of hydrogen-bond acceptors (Lipinski definition) is 4. The summed E-state index contributed by atoms with van der Waals surface area (Å²) in [4.78, 5) is 37.2. The molecule has 5 nitrogen and oxygen atoms in total. The molecule has 1 amide bonds. The van der Waals surface area contributed by atoms with Crippen molar-refractivity contribution in [3.63, 3.8) is 0 Å². The van der Waals surface area contributed by atoms with Gasteiger partial charge in [0.15, 0.2) is 12.4 Å². The first-order valence-electron chi connectivity index (χ1n) is 9.76. The van der Waals surface area contributed by atoms with E-state index >= 15 is 0 Å². The fourth-order valence-electron chi connectivity index (χ4n) is 3.18. The monoisotopic (exact) mass is 409 g/mol. The Labute approximate surface area is 179 Å². The van der Waals surface area contributed by atoms with Crippen LogP contribution in [0.1, 0.15) is 31.1 Å². The van der Waals surface area contributed by atoms with Crippen molar-refractivity contribution in [1.82, 2.24) is 0 Å². The quantitative estimate of drug-likeness (QED) is 0.354. The van der Waals surface area contributed by atoms with E-state index in [0.29, 0.717) is 16.8 Å². The fraction of sp³-hybridized carbons (Fsp3) is 0.0385. The summed E-state index contributed by atoms with van der Waals surface area (Å²) in [5, 5.41) is 4.73. The van der Waals surface area contributed by atoms with Gasteiger partial charge in [-0.2, -0.15) is 0 Å². The zero-order chi connectivity index (χ0) is 21.6. The lowest BCUT2D eigenvalue weighted by Crippen LogP contribution is -2.15. The number of nitrogens with one attached hydrogen (secondary N) is 1. The number of amides is 1. The first kappa shape index (κ1) is 20.0. The number of benzene rings is 4. The van der Waals surface area contributed by atoms with Crippen LogP contribution in [-0.4, -0.2) is 24.3 Å². The second-order valence-electron chi connectivity index (χ2n) is 6.96. The maximum Gasteiger partial charge on any atom is 0.338 e. The van der Waals surface area contributed by atoms with Gasteiger partial charge in [0.1, 0.15) is 0 Å². The van der Waals surface area contributed by atoms with E-state index < -0.39 is 5.97 Å². The molecule has 0 aliphatic carbocycles. The summed E-state index contributed by atoms with van der Waals surface area (Å²) in [7, 11) is 0. The molecule has 0 aliphatic rings. The molecular weight excluding hydrogens is 390 g/mol. The first-order chi connectivity index (χ1) is 15.1. The molecule has 4 rings (SSSR count). The minimum atomic E-state index is -0.634. The van der Waals surface area contributed by atoms with Gasteiger partial charge in [-0.1, -0.05) is 60.7 Å². The number of carbonyl (C=O) groups excluding carboxylic acids is 3. The van der Waals surface area contributed by atoms with E-state index in [-0.39, 0.29) is 23.9 Å². The molecule has 4 aromatic carbocycles. The van der Waals surface area contributed by atoms with Gasteiger partial charge in [-0.25, -0.2) is 4.79 Å². The Morgan fingerprint density at radius 2 is 1.35 bits per heavy atom. The first-order valence-corrected chi connectivity index (χ1v) is 9.76. The van der Waals surface area contributed by atoms with Crippen LogP contribution < -0.4 is 5.32 Å². The molecule has 0 fully saturated rings. The van der Waals surface area contributed by atoms with E-state index in [9.17, 15) is 14.4 Å². The number of esters is 1. The lowest BCUT2D eigenvalue weighted by atomic mass is 10.0. The van der Waals surface area contributed by atoms with E-state index in [1.165, 1.54) is 6.07 Å². The molecule has 5 heteroatoms. The summed E-state index contributed by atoms with van der Waals surface area (Å²) >= 11 is 0. The summed E-state index contributed by atoms with van der Waals surface area (Å²) < 4.78 is 5.20. The highest BCUT2D eigenvalue weighted by Crippen LogP contribution is 2.17. The van der Waals surface area contributed by atoms with Gasteiger partial charge in [0, 0.05) is 16.8 Å². The molecule has 0 aromatic heterocycles. The van der Waals surface area contributed by atoms with Crippen molar-refractivity contribution in [2.75, 3.05) is 11.9 Å². The van der Waals surface area contributed by atoms with Crippen molar-refractivity contribution in [2.24, 2.45) is 0 Å². The summed E-state index contributed by atoms with van der Waals surface area (Å²) in [6.07, 6.45) is 0. The minimum Gasteiger partial charge on any atom is -0.454 e. The van der Waals surface area contributed by atoms with Crippen LogP contribution in [0, 0.1) is 0 Å². The zero-order valence-electron chi connectivity index (χ0n) is 16.6. The van der Waals surface area contributed by atoms with E-state index in [4.69, 9.17) is 4.74 Å². The minimum absolute atomic E-state index is 0.247. The van der Waals surface area contributed by atoms with Crippen LogP contribution in [0.3, 0.4) is 0 Å². The molecule has 0 unspecified atom stereocenters. The SMILES string of the molecule is O=C(COC(=O)c1cccc(NC(=O)c2ccccc2)c1)c1ccc2ccccc2c1. The molecule has 0 aliphatic heterocycles. The third kappa shape index (κ3) is 4.85. The molecule has 0 radical (unpaired) electrons. The van der Waals surface area contributed by atoms with E-state index in [2.05, 4.69) is 5.32 Å². The largest absolute Gasteiger partial charge is 0.454 e. The van der Waals surface area contributed by atoms with Gasteiger partial charge >= 0.3 is 5.97 Å². The van der Waals surface area contributed by atoms with Crippen LogP contribution in [0.15, 0.2) is 97.1 Å². The van der Waals surface area contributed by atoms with Crippen molar-refractivity contribution in [1.29, 1.82) is 0 Å². The molecule has 0 bridgehead atoms. The highest BCUT2D eigenvalue weighted by atomic mass is 16.5. The van der Waals surface area contributed by atoms with E-state index in [0.717, 1.165) is 10.8 Å².